The molecule has 0 aromatic heterocycles. The monoisotopic (exact) mass is 457 g/mol. The molecule has 3 rings (SSSR count). The van der Waals surface area contributed by atoms with Crippen LogP contribution in [0.25, 0.3) is 0 Å². The average Bonchev–Trinajstić information content (AvgIpc) is 2.79. The van der Waals surface area contributed by atoms with E-state index >= 15 is 0 Å². The summed E-state index contributed by atoms with van der Waals surface area (Å²) >= 11 is 0. The number of nitrogens with one attached hydrogen (secondary N) is 1. The number of allylic oxidation sites excluding steroid dienone is 3. The van der Waals surface area contributed by atoms with Crippen molar-refractivity contribution in [2.24, 2.45) is 11.7 Å². The highest BCUT2D eigenvalue weighted by molar-refractivity contribution is 5.96. The summed E-state index contributed by atoms with van der Waals surface area (Å²) in [6.45, 7) is 1.16. The number of piperidine rings is 1. The van der Waals surface area contributed by atoms with Crippen molar-refractivity contribution in [1.82, 2.24) is 10.2 Å². The van der Waals surface area contributed by atoms with E-state index < -0.39 is 17.5 Å². The van der Waals surface area contributed by atoms with Crippen molar-refractivity contribution >= 4 is 11.8 Å². The molecule has 1 aromatic rings. The maximum atomic E-state index is 13.9. The van der Waals surface area contributed by atoms with E-state index in [0.717, 1.165) is 37.8 Å². The fourth-order valence-electron chi connectivity index (χ4n) is 4.61. The Labute approximate surface area is 192 Å². The zero-order valence-electron chi connectivity index (χ0n) is 18.7. The smallest absolute Gasteiger partial charge is 0.259 e. The van der Waals surface area contributed by atoms with E-state index in [2.05, 4.69) is 11.2 Å². The van der Waals surface area contributed by atoms with Gasteiger partial charge in [-0.2, -0.15) is 0 Å². The van der Waals surface area contributed by atoms with Crippen LogP contribution in [0.3, 0.4) is 0 Å². The number of hydrogen-bond acceptors (Lipinski definition) is 4. The fraction of sp³-hybridized carbons (Fsp3) is 0.440. The molecule has 1 heterocycles. The highest BCUT2D eigenvalue weighted by Gasteiger charge is 2.43. The van der Waals surface area contributed by atoms with Crippen LogP contribution in [0.5, 0.6) is 0 Å². The second kappa shape index (κ2) is 10.7. The predicted octanol–water partition coefficient (Wildman–Crippen LogP) is 2.90. The standard InChI is InChI=1S/C25H29F2N3O3/c1-3-20(29-23(31)21-10-8-19(26)14-22(21)27)9-7-17(15-33-2)24(32)30-13-11-18-6-4-5-12-25(18,28)16-30/h1,7-10,14,18H,4-6,11-13,15-16,28H2,2H3,(H,29,31)/b17-7+,20-9+. The van der Waals surface area contributed by atoms with E-state index in [4.69, 9.17) is 16.9 Å². The van der Waals surface area contributed by atoms with E-state index in [1.165, 1.54) is 25.7 Å². The van der Waals surface area contributed by atoms with Gasteiger partial charge in [-0.3, -0.25) is 9.59 Å². The molecule has 2 atom stereocenters. The molecule has 1 aromatic carbocycles. The molecule has 1 aliphatic carbocycles. The summed E-state index contributed by atoms with van der Waals surface area (Å²) in [5, 5.41) is 2.40. The Hall–Kier alpha value is -3.02. The molecule has 2 aliphatic rings. The topological polar surface area (TPSA) is 84.7 Å². The first-order valence-electron chi connectivity index (χ1n) is 11.0. The number of amides is 2. The molecule has 0 bridgehead atoms. The van der Waals surface area contributed by atoms with Gasteiger partial charge in [-0.15, -0.1) is 6.42 Å². The van der Waals surface area contributed by atoms with Gasteiger partial charge < -0.3 is 20.7 Å². The second-order valence-corrected chi connectivity index (χ2v) is 8.62. The Balaban J connectivity index is 1.75. The van der Waals surface area contributed by atoms with Crippen molar-refractivity contribution in [3.63, 3.8) is 0 Å². The zero-order chi connectivity index (χ0) is 24.0. The van der Waals surface area contributed by atoms with Gasteiger partial charge in [-0.25, -0.2) is 8.78 Å². The maximum absolute atomic E-state index is 13.9. The van der Waals surface area contributed by atoms with Crippen molar-refractivity contribution in [3.05, 3.63) is 58.8 Å². The number of terminal acetylenes is 1. The first kappa shape index (κ1) is 24.6. The molecule has 1 aliphatic heterocycles. The van der Waals surface area contributed by atoms with E-state index in [9.17, 15) is 18.4 Å². The van der Waals surface area contributed by atoms with Crippen LogP contribution in [0.2, 0.25) is 0 Å². The molecule has 33 heavy (non-hydrogen) atoms. The first-order chi connectivity index (χ1) is 15.8. The molecule has 6 nitrogen and oxygen atoms in total. The summed E-state index contributed by atoms with van der Waals surface area (Å²) in [4.78, 5) is 27.3. The minimum Gasteiger partial charge on any atom is -0.380 e. The Morgan fingerprint density at radius 2 is 2.12 bits per heavy atom. The van der Waals surface area contributed by atoms with Crippen molar-refractivity contribution in [2.45, 2.75) is 37.6 Å². The number of ether oxygens (including phenoxy) is 1. The van der Waals surface area contributed by atoms with Gasteiger partial charge in [0, 0.05) is 37.4 Å². The number of hydrogen-bond donors (Lipinski definition) is 2. The van der Waals surface area contributed by atoms with Crippen molar-refractivity contribution in [3.8, 4) is 12.3 Å². The molecule has 3 N–H and O–H groups in total. The van der Waals surface area contributed by atoms with Gasteiger partial charge in [0.15, 0.2) is 0 Å². The van der Waals surface area contributed by atoms with Crippen LogP contribution in [0.4, 0.5) is 8.78 Å². The van der Waals surface area contributed by atoms with E-state index in [0.29, 0.717) is 30.6 Å². The molecule has 8 heteroatoms. The van der Waals surface area contributed by atoms with Crippen LogP contribution >= 0.6 is 0 Å². The normalized spacial score (nSPS) is 23.5. The van der Waals surface area contributed by atoms with Crippen LogP contribution in [0.15, 0.2) is 41.6 Å². The van der Waals surface area contributed by atoms with Gasteiger partial charge in [-0.05, 0) is 49.5 Å². The summed E-state index contributed by atoms with van der Waals surface area (Å²) in [7, 11) is 1.48. The zero-order valence-corrected chi connectivity index (χ0v) is 18.7. The number of nitrogens with zero attached hydrogens (tertiary/aromatic N) is 1. The van der Waals surface area contributed by atoms with Crippen LogP contribution in [-0.2, 0) is 9.53 Å². The van der Waals surface area contributed by atoms with Crippen LogP contribution < -0.4 is 11.1 Å². The van der Waals surface area contributed by atoms with Crippen molar-refractivity contribution in [1.29, 1.82) is 0 Å². The van der Waals surface area contributed by atoms with Gasteiger partial charge in [-0.1, -0.05) is 18.8 Å². The van der Waals surface area contributed by atoms with Crippen LogP contribution in [0.1, 0.15) is 42.5 Å². The lowest BCUT2D eigenvalue weighted by Crippen LogP contribution is -2.62. The largest absolute Gasteiger partial charge is 0.380 e. The number of fused-ring (bicyclic) bond motifs is 1. The third-order valence-electron chi connectivity index (χ3n) is 6.38. The lowest BCUT2D eigenvalue weighted by atomic mass is 9.69. The molecule has 0 spiro atoms. The number of carbonyl (C=O) groups is 2. The quantitative estimate of drug-likeness (QED) is 0.391. The molecule has 2 unspecified atom stereocenters. The third-order valence-corrected chi connectivity index (χ3v) is 6.38. The summed E-state index contributed by atoms with van der Waals surface area (Å²) in [6.07, 6.45) is 13.5. The number of carbonyl (C=O) groups excluding carboxylic acids is 2. The minimum atomic E-state index is -1.00. The summed E-state index contributed by atoms with van der Waals surface area (Å²) in [6, 6.07) is 2.62. The Morgan fingerprint density at radius 1 is 1.33 bits per heavy atom. The summed E-state index contributed by atoms with van der Waals surface area (Å²) in [5.41, 5.74) is 6.32. The molecular formula is C25H29F2N3O3. The van der Waals surface area contributed by atoms with Crippen molar-refractivity contribution < 1.29 is 23.1 Å². The van der Waals surface area contributed by atoms with Crippen LogP contribution in [-0.4, -0.2) is 49.1 Å². The Bertz CT molecular complexity index is 1010. The number of nitrogens with two attached hydrogens (primary N) is 1. The van der Waals surface area contributed by atoms with Gasteiger partial charge in [0.25, 0.3) is 11.8 Å². The SMILES string of the molecule is C#C/C(=C\C=C(/COC)C(=O)N1CCC2CCCCC2(N)C1)NC(=O)c1ccc(F)cc1F. The molecule has 2 amide bonds. The van der Waals surface area contributed by atoms with Gasteiger partial charge >= 0.3 is 0 Å². The number of methoxy groups -OCH3 is 1. The van der Waals surface area contributed by atoms with Crippen molar-refractivity contribution in [2.75, 3.05) is 26.8 Å². The Kier molecular flexibility index (Phi) is 8.01. The van der Waals surface area contributed by atoms with Gasteiger partial charge in [0.2, 0.25) is 0 Å². The minimum absolute atomic E-state index is 0.0198. The maximum Gasteiger partial charge on any atom is 0.259 e. The lowest BCUT2D eigenvalue weighted by molar-refractivity contribution is -0.131. The van der Waals surface area contributed by atoms with Crippen LogP contribution in [0, 0.1) is 29.9 Å². The Morgan fingerprint density at radius 3 is 2.82 bits per heavy atom. The number of benzene rings is 1. The molecule has 1 saturated heterocycles. The molecule has 176 valence electrons. The summed E-state index contributed by atoms with van der Waals surface area (Å²) in [5.74, 6) is -0.0948. The molecular weight excluding hydrogens is 428 g/mol. The van der Waals surface area contributed by atoms with E-state index in [1.807, 2.05) is 0 Å². The fourth-order valence-corrected chi connectivity index (χ4v) is 4.61. The number of likely N-dealkylation sites (tertiary alicyclic amines) is 1. The van der Waals surface area contributed by atoms with Gasteiger partial charge in [0.05, 0.1) is 17.9 Å². The molecule has 2 fully saturated rings. The first-order valence-corrected chi connectivity index (χ1v) is 11.0. The van der Waals surface area contributed by atoms with E-state index in [-0.39, 0.29) is 29.3 Å². The van der Waals surface area contributed by atoms with Gasteiger partial charge in [0.1, 0.15) is 11.6 Å². The average molecular weight is 458 g/mol. The molecule has 0 radical (unpaired) electrons. The highest BCUT2D eigenvalue weighted by atomic mass is 19.1. The number of halogens is 2. The van der Waals surface area contributed by atoms with E-state index in [1.54, 1.807) is 4.90 Å². The number of rotatable bonds is 6. The highest BCUT2D eigenvalue weighted by Crippen LogP contribution is 2.38. The lowest BCUT2D eigenvalue weighted by Gasteiger charge is -2.49. The summed E-state index contributed by atoms with van der Waals surface area (Å²) < 4.78 is 32.1. The second-order valence-electron chi connectivity index (χ2n) is 8.62. The third kappa shape index (κ3) is 5.86. The molecule has 1 saturated carbocycles. The predicted molar refractivity (Wildman–Crippen MR) is 121 cm³/mol.